The number of carbonyl (C=O) groups is 3. The van der Waals surface area contributed by atoms with Crippen LogP contribution in [0.4, 0.5) is 5.95 Å². The smallest absolute Gasteiger partial charge is 0.356 e. The number of hydrogen-bond donors (Lipinski definition) is 2. The molecule has 0 fully saturated rings. The first-order chi connectivity index (χ1) is 11.4. The van der Waals surface area contributed by atoms with Crippen molar-refractivity contribution in [1.29, 1.82) is 0 Å². The second-order valence-corrected chi connectivity index (χ2v) is 5.10. The van der Waals surface area contributed by atoms with Gasteiger partial charge < -0.3 is 14.6 Å². The zero-order valence-electron chi connectivity index (χ0n) is 13.6. The summed E-state index contributed by atoms with van der Waals surface area (Å²) in [5.41, 5.74) is 0.998. The van der Waals surface area contributed by atoms with E-state index in [-0.39, 0.29) is 24.2 Å². The average Bonchev–Trinajstić information content (AvgIpc) is 3.03. The van der Waals surface area contributed by atoms with Gasteiger partial charge in [0, 0.05) is 25.2 Å². The molecule has 0 radical (unpaired) electrons. The molecule has 1 aromatic heterocycles. The Morgan fingerprint density at radius 1 is 1.17 bits per heavy atom. The van der Waals surface area contributed by atoms with E-state index in [0.717, 1.165) is 0 Å². The van der Waals surface area contributed by atoms with Crippen LogP contribution in [0.2, 0.25) is 0 Å². The maximum atomic E-state index is 12.2. The van der Waals surface area contributed by atoms with E-state index in [1.54, 1.807) is 45.3 Å². The van der Waals surface area contributed by atoms with Crippen LogP contribution in [0.1, 0.15) is 38.1 Å². The third kappa shape index (κ3) is 3.97. The van der Waals surface area contributed by atoms with Crippen LogP contribution in [0, 0.1) is 0 Å². The monoisotopic (exact) mass is 330 g/mol. The molecule has 0 saturated carbocycles. The summed E-state index contributed by atoms with van der Waals surface area (Å²) in [5.74, 6) is -0.968. The summed E-state index contributed by atoms with van der Waals surface area (Å²) in [5, 5.41) is 2.54. The number of amides is 2. The van der Waals surface area contributed by atoms with E-state index < -0.39 is 11.9 Å². The van der Waals surface area contributed by atoms with Gasteiger partial charge in [0.2, 0.25) is 5.95 Å². The fraction of sp³-hybridized carbons (Fsp3) is 0.250. The van der Waals surface area contributed by atoms with Crippen LogP contribution in [0.3, 0.4) is 0 Å². The standard InChI is InChI=1S/C16H18N4O4/c1-4-24-15(23)12-9-17-16(18-12)19-13(21)10-5-7-11(8-6-10)14(22)20(2)3/h5-9H,4H2,1-3H3,(H2,17,18,19,21). The van der Waals surface area contributed by atoms with Crippen molar-refractivity contribution < 1.29 is 19.1 Å². The van der Waals surface area contributed by atoms with E-state index in [1.807, 2.05) is 0 Å². The van der Waals surface area contributed by atoms with Crippen molar-refractivity contribution in [3.8, 4) is 0 Å². The predicted molar refractivity (Wildman–Crippen MR) is 87.0 cm³/mol. The normalized spacial score (nSPS) is 10.1. The minimum Gasteiger partial charge on any atom is -0.461 e. The lowest BCUT2D eigenvalue weighted by Crippen LogP contribution is -2.21. The molecule has 24 heavy (non-hydrogen) atoms. The molecule has 126 valence electrons. The predicted octanol–water partition coefficient (Wildman–Crippen LogP) is 1.54. The van der Waals surface area contributed by atoms with Gasteiger partial charge in [-0.15, -0.1) is 0 Å². The number of rotatable bonds is 5. The van der Waals surface area contributed by atoms with Crippen molar-refractivity contribution >= 4 is 23.7 Å². The van der Waals surface area contributed by atoms with E-state index in [4.69, 9.17) is 4.74 Å². The SMILES string of the molecule is CCOC(=O)c1cnc(NC(=O)c2ccc(C(=O)N(C)C)cc2)[nH]1. The maximum Gasteiger partial charge on any atom is 0.356 e. The lowest BCUT2D eigenvalue weighted by Gasteiger charge is -2.10. The molecule has 8 nitrogen and oxygen atoms in total. The fourth-order valence-corrected chi connectivity index (χ4v) is 1.90. The van der Waals surface area contributed by atoms with Crippen molar-refractivity contribution in [2.24, 2.45) is 0 Å². The van der Waals surface area contributed by atoms with Gasteiger partial charge in [-0.05, 0) is 31.2 Å². The summed E-state index contributed by atoms with van der Waals surface area (Å²) >= 11 is 0. The average molecular weight is 330 g/mol. The van der Waals surface area contributed by atoms with Gasteiger partial charge in [0.1, 0.15) is 5.69 Å². The van der Waals surface area contributed by atoms with E-state index in [9.17, 15) is 14.4 Å². The van der Waals surface area contributed by atoms with Gasteiger partial charge in [-0.2, -0.15) is 0 Å². The Bertz CT molecular complexity index is 750. The first-order valence-electron chi connectivity index (χ1n) is 7.27. The van der Waals surface area contributed by atoms with Crippen molar-refractivity contribution in [2.75, 3.05) is 26.0 Å². The molecule has 1 heterocycles. The van der Waals surface area contributed by atoms with Crippen molar-refractivity contribution in [3.05, 3.63) is 47.3 Å². The van der Waals surface area contributed by atoms with Crippen molar-refractivity contribution in [3.63, 3.8) is 0 Å². The first-order valence-corrected chi connectivity index (χ1v) is 7.27. The van der Waals surface area contributed by atoms with Gasteiger partial charge >= 0.3 is 5.97 Å². The molecule has 0 unspecified atom stereocenters. The quantitative estimate of drug-likeness (QED) is 0.809. The van der Waals surface area contributed by atoms with Crippen LogP contribution in [0.25, 0.3) is 0 Å². The summed E-state index contributed by atoms with van der Waals surface area (Å²) in [4.78, 5) is 43.5. The highest BCUT2D eigenvalue weighted by molar-refractivity contribution is 6.04. The lowest BCUT2D eigenvalue weighted by atomic mass is 10.1. The Kier molecular flexibility index (Phi) is 5.31. The number of nitrogens with zero attached hydrogens (tertiary/aromatic N) is 2. The van der Waals surface area contributed by atoms with Crippen LogP contribution < -0.4 is 5.32 Å². The first kappa shape index (κ1) is 17.2. The molecule has 2 amide bonds. The molecular formula is C16H18N4O4. The van der Waals surface area contributed by atoms with Gasteiger partial charge in [0.25, 0.3) is 11.8 Å². The Hall–Kier alpha value is -3.16. The summed E-state index contributed by atoms with van der Waals surface area (Å²) in [6.07, 6.45) is 1.28. The Balaban J connectivity index is 2.05. The Morgan fingerprint density at radius 2 is 1.79 bits per heavy atom. The summed E-state index contributed by atoms with van der Waals surface area (Å²) in [7, 11) is 3.31. The molecule has 2 N–H and O–H groups in total. The topological polar surface area (TPSA) is 104 Å². The van der Waals surface area contributed by atoms with Crippen LogP contribution in [0.15, 0.2) is 30.5 Å². The van der Waals surface area contributed by atoms with E-state index >= 15 is 0 Å². The van der Waals surface area contributed by atoms with E-state index in [2.05, 4.69) is 15.3 Å². The minimum absolute atomic E-state index is 0.136. The van der Waals surface area contributed by atoms with Gasteiger partial charge in [-0.1, -0.05) is 0 Å². The molecule has 0 aliphatic heterocycles. The number of imidazole rings is 1. The maximum absolute atomic E-state index is 12.2. The molecule has 0 aliphatic rings. The number of H-pyrrole nitrogens is 1. The van der Waals surface area contributed by atoms with Crippen LogP contribution in [-0.4, -0.2) is 53.4 Å². The Labute approximate surface area is 138 Å². The number of esters is 1. The minimum atomic E-state index is -0.544. The fourth-order valence-electron chi connectivity index (χ4n) is 1.90. The number of nitrogens with one attached hydrogen (secondary N) is 2. The zero-order chi connectivity index (χ0) is 17.7. The highest BCUT2D eigenvalue weighted by Gasteiger charge is 2.14. The summed E-state index contributed by atoms with van der Waals surface area (Å²) in [6, 6.07) is 6.23. The largest absolute Gasteiger partial charge is 0.461 e. The van der Waals surface area contributed by atoms with E-state index in [1.165, 1.54) is 11.1 Å². The van der Waals surface area contributed by atoms with Crippen LogP contribution in [0.5, 0.6) is 0 Å². The Morgan fingerprint density at radius 3 is 2.38 bits per heavy atom. The zero-order valence-corrected chi connectivity index (χ0v) is 13.6. The van der Waals surface area contributed by atoms with Crippen molar-refractivity contribution in [2.45, 2.75) is 6.92 Å². The number of aromatic nitrogens is 2. The van der Waals surface area contributed by atoms with Crippen molar-refractivity contribution in [1.82, 2.24) is 14.9 Å². The number of carbonyl (C=O) groups excluding carboxylic acids is 3. The molecule has 0 spiro atoms. The lowest BCUT2D eigenvalue weighted by molar-refractivity contribution is 0.0520. The molecule has 0 saturated heterocycles. The molecule has 8 heteroatoms. The second kappa shape index (κ2) is 7.40. The molecular weight excluding hydrogens is 312 g/mol. The number of anilines is 1. The molecule has 0 bridgehead atoms. The van der Waals surface area contributed by atoms with Crippen LogP contribution in [-0.2, 0) is 4.74 Å². The summed E-state index contributed by atoms with van der Waals surface area (Å²) < 4.78 is 4.83. The third-order valence-electron chi connectivity index (χ3n) is 3.10. The molecule has 0 aliphatic carbocycles. The highest BCUT2D eigenvalue weighted by atomic mass is 16.5. The summed E-state index contributed by atoms with van der Waals surface area (Å²) in [6.45, 7) is 1.94. The molecule has 2 aromatic rings. The molecule has 2 rings (SSSR count). The number of ether oxygens (including phenoxy) is 1. The number of benzene rings is 1. The third-order valence-corrected chi connectivity index (χ3v) is 3.10. The number of hydrogen-bond acceptors (Lipinski definition) is 5. The van der Waals surface area contributed by atoms with Gasteiger partial charge in [-0.25, -0.2) is 9.78 Å². The van der Waals surface area contributed by atoms with E-state index in [0.29, 0.717) is 11.1 Å². The number of aromatic amines is 1. The highest BCUT2D eigenvalue weighted by Crippen LogP contribution is 2.10. The van der Waals surface area contributed by atoms with Gasteiger partial charge in [0.05, 0.1) is 12.8 Å². The second-order valence-electron chi connectivity index (χ2n) is 5.10. The molecule has 1 aromatic carbocycles. The van der Waals surface area contributed by atoms with Gasteiger partial charge in [-0.3, -0.25) is 14.9 Å². The van der Waals surface area contributed by atoms with Gasteiger partial charge in [0.15, 0.2) is 0 Å². The molecule has 0 atom stereocenters. The van der Waals surface area contributed by atoms with Crippen LogP contribution >= 0.6 is 0 Å².